The zero-order valence-corrected chi connectivity index (χ0v) is 18.6. The average Bonchev–Trinajstić information content (AvgIpc) is 2.84. The van der Waals surface area contributed by atoms with Crippen LogP contribution in [0.4, 0.5) is 11.4 Å². The van der Waals surface area contributed by atoms with Gasteiger partial charge in [0.05, 0.1) is 25.2 Å². The van der Waals surface area contributed by atoms with Crippen LogP contribution in [-0.2, 0) is 9.53 Å². The van der Waals surface area contributed by atoms with E-state index in [2.05, 4.69) is 5.32 Å². The average molecular weight is 466 g/mol. The Hall–Kier alpha value is -4.60. The van der Waals surface area contributed by atoms with E-state index >= 15 is 0 Å². The molecule has 0 heterocycles. The fourth-order valence-electron chi connectivity index (χ4n) is 2.94. The number of para-hydroxylation sites is 1. The quantitative estimate of drug-likeness (QED) is 0.276. The summed E-state index contributed by atoms with van der Waals surface area (Å²) in [5, 5.41) is 14.0. The minimum Gasteiger partial charge on any atom is -0.493 e. The zero-order chi connectivity index (χ0) is 24.7. The molecule has 0 bridgehead atoms. The second-order valence-electron chi connectivity index (χ2n) is 6.96. The largest absolute Gasteiger partial charge is 0.493 e. The molecule has 0 fully saturated rings. The van der Waals surface area contributed by atoms with E-state index in [4.69, 9.17) is 18.9 Å². The SMILES string of the molecule is COc1cc(C(=O)O[C@H](C)C(=O)Nc2ccc(Oc3ccccc3)cc2)c([N+](=O)[O-])cc1OC. The summed E-state index contributed by atoms with van der Waals surface area (Å²) in [7, 11) is 2.64. The van der Waals surface area contributed by atoms with E-state index < -0.39 is 28.6 Å². The summed E-state index contributed by atoms with van der Waals surface area (Å²) < 4.78 is 21.0. The molecule has 0 saturated carbocycles. The Morgan fingerprint density at radius 2 is 1.50 bits per heavy atom. The maximum Gasteiger partial charge on any atom is 0.346 e. The van der Waals surface area contributed by atoms with Crippen LogP contribution in [0.1, 0.15) is 17.3 Å². The number of nitro groups is 1. The van der Waals surface area contributed by atoms with Crippen LogP contribution in [0.2, 0.25) is 0 Å². The second kappa shape index (κ2) is 10.8. The standard InChI is InChI=1S/C24H22N2O8/c1-15(33-24(28)19-13-21(31-2)22(32-3)14-20(19)26(29)30)23(27)25-16-9-11-18(12-10-16)34-17-7-5-4-6-8-17/h4-15H,1-3H3,(H,25,27)/t15-/m1/s1. The first-order valence-electron chi connectivity index (χ1n) is 10.1. The number of carbonyl (C=O) groups is 2. The number of nitrogens with zero attached hydrogens (tertiary/aromatic N) is 1. The lowest BCUT2D eigenvalue weighted by Crippen LogP contribution is -2.30. The molecular weight excluding hydrogens is 444 g/mol. The van der Waals surface area contributed by atoms with Crippen molar-refractivity contribution in [3.05, 3.63) is 82.4 Å². The monoisotopic (exact) mass is 466 g/mol. The van der Waals surface area contributed by atoms with E-state index in [-0.39, 0.29) is 17.1 Å². The van der Waals surface area contributed by atoms with Gasteiger partial charge in [-0.15, -0.1) is 0 Å². The maximum absolute atomic E-state index is 12.6. The van der Waals surface area contributed by atoms with Crippen molar-refractivity contribution in [1.82, 2.24) is 0 Å². The summed E-state index contributed by atoms with van der Waals surface area (Å²) in [4.78, 5) is 35.8. The van der Waals surface area contributed by atoms with Crippen LogP contribution in [0, 0.1) is 10.1 Å². The number of nitro benzene ring substituents is 1. The lowest BCUT2D eigenvalue weighted by molar-refractivity contribution is -0.385. The normalized spacial score (nSPS) is 11.1. The van der Waals surface area contributed by atoms with Crippen molar-refractivity contribution in [1.29, 1.82) is 0 Å². The second-order valence-corrected chi connectivity index (χ2v) is 6.96. The molecule has 176 valence electrons. The van der Waals surface area contributed by atoms with Gasteiger partial charge in [-0.1, -0.05) is 18.2 Å². The van der Waals surface area contributed by atoms with Gasteiger partial charge in [0.2, 0.25) is 0 Å². The number of benzene rings is 3. The number of hydrogen-bond donors (Lipinski definition) is 1. The highest BCUT2D eigenvalue weighted by Crippen LogP contribution is 2.35. The fourth-order valence-corrected chi connectivity index (χ4v) is 2.94. The Morgan fingerprint density at radius 1 is 0.912 bits per heavy atom. The molecule has 0 aliphatic rings. The van der Waals surface area contributed by atoms with Gasteiger partial charge in [0.15, 0.2) is 17.6 Å². The lowest BCUT2D eigenvalue weighted by Gasteiger charge is -2.15. The molecule has 10 heteroatoms. The van der Waals surface area contributed by atoms with E-state index in [1.807, 2.05) is 30.3 Å². The number of anilines is 1. The first-order valence-corrected chi connectivity index (χ1v) is 10.1. The molecule has 3 rings (SSSR count). The molecule has 0 aromatic heterocycles. The van der Waals surface area contributed by atoms with Gasteiger partial charge >= 0.3 is 5.97 Å². The zero-order valence-electron chi connectivity index (χ0n) is 18.6. The molecule has 10 nitrogen and oxygen atoms in total. The highest BCUT2D eigenvalue weighted by atomic mass is 16.6. The Morgan fingerprint density at radius 3 is 2.09 bits per heavy atom. The highest BCUT2D eigenvalue weighted by molar-refractivity contribution is 5.99. The van der Waals surface area contributed by atoms with Crippen LogP contribution >= 0.6 is 0 Å². The minimum atomic E-state index is -1.24. The van der Waals surface area contributed by atoms with Gasteiger partial charge in [0.1, 0.15) is 17.1 Å². The van der Waals surface area contributed by atoms with Crippen molar-refractivity contribution in [3.8, 4) is 23.0 Å². The summed E-state index contributed by atoms with van der Waals surface area (Å²) >= 11 is 0. The fraction of sp³-hybridized carbons (Fsp3) is 0.167. The van der Waals surface area contributed by atoms with Gasteiger partial charge in [-0.05, 0) is 43.3 Å². The van der Waals surface area contributed by atoms with E-state index in [0.29, 0.717) is 17.2 Å². The van der Waals surface area contributed by atoms with Crippen LogP contribution in [0.5, 0.6) is 23.0 Å². The molecule has 1 N–H and O–H groups in total. The lowest BCUT2D eigenvalue weighted by atomic mass is 10.1. The Balaban J connectivity index is 1.66. The number of rotatable bonds is 9. The molecule has 0 radical (unpaired) electrons. The van der Waals surface area contributed by atoms with Gasteiger partial charge in [0, 0.05) is 11.8 Å². The first-order chi connectivity index (χ1) is 16.3. The third-order valence-corrected chi connectivity index (χ3v) is 4.67. The molecular formula is C24H22N2O8. The van der Waals surface area contributed by atoms with Crippen molar-refractivity contribution in [2.24, 2.45) is 0 Å². The Labute approximate surface area is 195 Å². The number of ether oxygens (including phenoxy) is 4. The predicted octanol–water partition coefficient (Wildman–Crippen LogP) is 4.59. The molecule has 0 unspecified atom stereocenters. The summed E-state index contributed by atoms with van der Waals surface area (Å²) in [6.07, 6.45) is -1.24. The number of methoxy groups -OCH3 is 2. The molecule has 3 aromatic rings. The molecule has 0 aliphatic heterocycles. The number of carbonyl (C=O) groups excluding carboxylic acids is 2. The van der Waals surface area contributed by atoms with E-state index in [1.54, 1.807) is 24.3 Å². The third kappa shape index (κ3) is 5.80. The van der Waals surface area contributed by atoms with Gasteiger partial charge in [-0.25, -0.2) is 4.79 Å². The Bertz CT molecular complexity index is 1180. The third-order valence-electron chi connectivity index (χ3n) is 4.67. The van der Waals surface area contributed by atoms with Crippen molar-refractivity contribution < 1.29 is 33.5 Å². The van der Waals surface area contributed by atoms with Crippen LogP contribution in [0.15, 0.2) is 66.7 Å². The van der Waals surface area contributed by atoms with Crippen LogP contribution < -0.4 is 19.5 Å². The number of hydrogen-bond acceptors (Lipinski definition) is 8. The van der Waals surface area contributed by atoms with Gasteiger partial charge in [-0.3, -0.25) is 14.9 Å². The van der Waals surface area contributed by atoms with Crippen molar-refractivity contribution >= 4 is 23.3 Å². The minimum absolute atomic E-state index is 0.0798. The van der Waals surface area contributed by atoms with Gasteiger partial charge in [-0.2, -0.15) is 0 Å². The highest BCUT2D eigenvalue weighted by Gasteiger charge is 2.28. The number of nitrogens with one attached hydrogen (secondary N) is 1. The number of esters is 1. The van der Waals surface area contributed by atoms with Gasteiger partial charge in [0.25, 0.3) is 11.6 Å². The molecule has 34 heavy (non-hydrogen) atoms. The smallest absolute Gasteiger partial charge is 0.346 e. The van der Waals surface area contributed by atoms with Crippen LogP contribution in [0.25, 0.3) is 0 Å². The van der Waals surface area contributed by atoms with E-state index in [9.17, 15) is 19.7 Å². The van der Waals surface area contributed by atoms with E-state index in [0.717, 1.165) is 12.1 Å². The molecule has 3 aromatic carbocycles. The van der Waals surface area contributed by atoms with Crippen LogP contribution in [0.3, 0.4) is 0 Å². The Kier molecular flexibility index (Phi) is 7.65. The summed E-state index contributed by atoms with van der Waals surface area (Å²) in [6, 6.07) is 18.0. The molecule has 1 atom stereocenters. The predicted molar refractivity (Wildman–Crippen MR) is 123 cm³/mol. The van der Waals surface area contributed by atoms with Crippen LogP contribution in [-0.4, -0.2) is 37.1 Å². The maximum atomic E-state index is 12.6. The number of amides is 1. The van der Waals surface area contributed by atoms with Crippen molar-refractivity contribution in [2.45, 2.75) is 13.0 Å². The van der Waals surface area contributed by atoms with E-state index in [1.165, 1.54) is 21.1 Å². The van der Waals surface area contributed by atoms with Gasteiger partial charge < -0.3 is 24.3 Å². The molecule has 0 aliphatic carbocycles. The summed E-state index contributed by atoms with van der Waals surface area (Å²) in [6.45, 7) is 1.35. The molecule has 0 spiro atoms. The molecule has 1 amide bonds. The topological polar surface area (TPSA) is 126 Å². The first kappa shape index (κ1) is 24.1. The summed E-state index contributed by atoms with van der Waals surface area (Å²) in [5.74, 6) is -0.241. The van der Waals surface area contributed by atoms with Crippen molar-refractivity contribution in [2.75, 3.05) is 19.5 Å². The summed E-state index contributed by atoms with van der Waals surface area (Å²) in [5.41, 5.74) is -0.459. The van der Waals surface area contributed by atoms with Crippen molar-refractivity contribution in [3.63, 3.8) is 0 Å². The molecule has 0 saturated heterocycles.